The van der Waals surface area contributed by atoms with E-state index in [0.29, 0.717) is 6.04 Å². The molecule has 2 saturated heterocycles. The number of primary amides is 1. The predicted molar refractivity (Wildman–Crippen MR) is 93.5 cm³/mol. The summed E-state index contributed by atoms with van der Waals surface area (Å²) in [4.78, 5) is 19.2. The molecule has 1 aromatic heterocycles. The second-order valence-corrected chi connectivity index (χ2v) is 7.24. The fraction of sp³-hybridized carbons (Fsp3) is 0.684. The Labute approximate surface area is 144 Å². The second kappa shape index (κ2) is 8.08. The Morgan fingerprint density at radius 2 is 2.21 bits per heavy atom. The van der Waals surface area contributed by atoms with Gasteiger partial charge in [-0.3, -0.25) is 14.7 Å². The van der Waals surface area contributed by atoms with Gasteiger partial charge in [0.25, 0.3) is 0 Å². The Balaban J connectivity index is 1.60. The molecule has 3 rings (SSSR count). The third kappa shape index (κ3) is 4.14. The molecule has 1 amide bonds. The van der Waals surface area contributed by atoms with E-state index in [-0.39, 0.29) is 11.3 Å². The van der Waals surface area contributed by atoms with Gasteiger partial charge >= 0.3 is 0 Å². The van der Waals surface area contributed by atoms with Crippen LogP contribution in [0.15, 0.2) is 24.4 Å². The molecule has 132 valence electrons. The van der Waals surface area contributed by atoms with Gasteiger partial charge in [-0.25, -0.2) is 0 Å². The SMILES string of the molecule is NC(=O)C1(CCCc2ccccn2)CCCN(C2CCOCC2)C1. The molecule has 1 unspecified atom stereocenters. The summed E-state index contributed by atoms with van der Waals surface area (Å²) in [5.41, 5.74) is 6.59. The lowest BCUT2D eigenvalue weighted by molar-refractivity contribution is -0.133. The monoisotopic (exact) mass is 331 g/mol. The molecule has 2 fully saturated rings. The number of nitrogens with two attached hydrogens (primary N) is 1. The van der Waals surface area contributed by atoms with Crippen molar-refractivity contribution >= 4 is 5.91 Å². The second-order valence-electron chi connectivity index (χ2n) is 7.24. The van der Waals surface area contributed by atoms with Crippen LogP contribution in [0, 0.1) is 5.41 Å². The van der Waals surface area contributed by atoms with Crippen molar-refractivity contribution in [1.82, 2.24) is 9.88 Å². The lowest BCUT2D eigenvalue weighted by atomic mass is 9.74. The first kappa shape index (κ1) is 17.4. The maximum absolute atomic E-state index is 12.3. The number of aromatic nitrogens is 1. The smallest absolute Gasteiger partial charge is 0.224 e. The van der Waals surface area contributed by atoms with Crippen LogP contribution in [0.25, 0.3) is 0 Å². The van der Waals surface area contributed by atoms with Gasteiger partial charge in [-0.15, -0.1) is 0 Å². The first-order valence-corrected chi connectivity index (χ1v) is 9.21. The molecule has 1 aromatic rings. The molecule has 2 aliphatic rings. The van der Waals surface area contributed by atoms with Crippen molar-refractivity contribution in [2.45, 2.75) is 51.0 Å². The highest BCUT2D eigenvalue weighted by atomic mass is 16.5. The van der Waals surface area contributed by atoms with Crippen molar-refractivity contribution in [1.29, 1.82) is 0 Å². The van der Waals surface area contributed by atoms with Gasteiger partial charge in [-0.2, -0.15) is 0 Å². The zero-order valence-corrected chi connectivity index (χ0v) is 14.5. The van der Waals surface area contributed by atoms with E-state index < -0.39 is 0 Å². The van der Waals surface area contributed by atoms with Gasteiger partial charge in [0.1, 0.15) is 0 Å². The van der Waals surface area contributed by atoms with E-state index in [4.69, 9.17) is 10.5 Å². The number of hydrogen-bond donors (Lipinski definition) is 1. The molecule has 0 aliphatic carbocycles. The number of amides is 1. The average molecular weight is 331 g/mol. The summed E-state index contributed by atoms with van der Waals surface area (Å²) in [5.74, 6) is -0.125. The lowest BCUT2D eigenvalue weighted by Crippen LogP contribution is -2.54. The molecular formula is C19H29N3O2. The van der Waals surface area contributed by atoms with Crippen LogP contribution in [0.5, 0.6) is 0 Å². The Bertz CT molecular complexity index is 531. The van der Waals surface area contributed by atoms with Gasteiger partial charge in [-0.1, -0.05) is 6.07 Å². The number of likely N-dealkylation sites (tertiary alicyclic amines) is 1. The van der Waals surface area contributed by atoms with Crippen LogP contribution in [0.1, 0.15) is 44.2 Å². The molecular weight excluding hydrogens is 302 g/mol. The predicted octanol–water partition coefficient (Wildman–Crippen LogP) is 2.15. The third-order valence-corrected chi connectivity index (χ3v) is 5.65. The highest BCUT2D eigenvalue weighted by Crippen LogP contribution is 2.36. The molecule has 24 heavy (non-hydrogen) atoms. The zero-order valence-electron chi connectivity index (χ0n) is 14.5. The number of aryl methyl sites for hydroxylation is 1. The summed E-state index contributed by atoms with van der Waals surface area (Å²) in [6.07, 6.45) is 8.68. The van der Waals surface area contributed by atoms with Crippen molar-refractivity contribution in [2.24, 2.45) is 11.1 Å². The summed E-state index contributed by atoms with van der Waals surface area (Å²) >= 11 is 0. The van der Waals surface area contributed by atoms with Gasteiger partial charge < -0.3 is 10.5 Å². The molecule has 3 heterocycles. The Morgan fingerprint density at radius 1 is 1.38 bits per heavy atom. The quantitative estimate of drug-likeness (QED) is 0.867. The number of ether oxygens (including phenoxy) is 1. The zero-order chi connectivity index (χ0) is 16.8. The molecule has 0 radical (unpaired) electrons. The molecule has 1 atom stereocenters. The van der Waals surface area contributed by atoms with Crippen LogP contribution in [-0.4, -0.2) is 48.1 Å². The Morgan fingerprint density at radius 3 is 2.92 bits per heavy atom. The highest BCUT2D eigenvalue weighted by molar-refractivity contribution is 5.81. The number of rotatable bonds is 6. The minimum atomic E-state index is -0.370. The normalized spacial score (nSPS) is 26.3. The molecule has 0 saturated carbocycles. The minimum Gasteiger partial charge on any atom is -0.381 e. The number of pyridine rings is 1. The Kier molecular flexibility index (Phi) is 5.85. The summed E-state index contributed by atoms with van der Waals surface area (Å²) in [6.45, 7) is 3.57. The maximum atomic E-state index is 12.3. The lowest BCUT2D eigenvalue weighted by Gasteiger charge is -2.45. The van der Waals surface area contributed by atoms with Gasteiger partial charge in [0, 0.05) is 37.7 Å². The van der Waals surface area contributed by atoms with Crippen LogP contribution in [-0.2, 0) is 16.0 Å². The summed E-state index contributed by atoms with van der Waals surface area (Å²) in [6, 6.07) is 6.54. The minimum absolute atomic E-state index is 0.125. The summed E-state index contributed by atoms with van der Waals surface area (Å²) < 4.78 is 5.48. The number of carbonyl (C=O) groups excluding carboxylic acids is 1. The molecule has 0 spiro atoms. The fourth-order valence-electron chi connectivity index (χ4n) is 4.21. The van der Waals surface area contributed by atoms with Crippen molar-refractivity contribution < 1.29 is 9.53 Å². The number of nitrogens with zero attached hydrogens (tertiary/aromatic N) is 2. The van der Waals surface area contributed by atoms with Crippen LogP contribution >= 0.6 is 0 Å². The first-order chi connectivity index (χ1) is 11.7. The van der Waals surface area contributed by atoms with Gasteiger partial charge in [-0.05, 0) is 63.6 Å². The van der Waals surface area contributed by atoms with Crippen molar-refractivity contribution in [3.05, 3.63) is 30.1 Å². The average Bonchev–Trinajstić information content (AvgIpc) is 2.63. The third-order valence-electron chi connectivity index (χ3n) is 5.65. The largest absolute Gasteiger partial charge is 0.381 e. The van der Waals surface area contributed by atoms with Gasteiger partial charge in [0.15, 0.2) is 0 Å². The van der Waals surface area contributed by atoms with E-state index in [1.54, 1.807) is 0 Å². The van der Waals surface area contributed by atoms with Gasteiger partial charge in [0.05, 0.1) is 5.41 Å². The summed E-state index contributed by atoms with van der Waals surface area (Å²) in [7, 11) is 0. The molecule has 5 heteroatoms. The molecule has 2 aliphatic heterocycles. The van der Waals surface area contributed by atoms with Crippen molar-refractivity contribution in [2.75, 3.05) is 26.3 Å². The van der Waals surface area contributed by atoms with Crippen LogP contribution < -0.4 is 5.73 Å². The molecule has 5 nitrogen and oxygen atoms in total. The van der Waals surface area contributed by atoms with Crippen molar-refractivity contribution in [3.8, 4) is 0 Å². The van der Waals surface area contributed by atoms with E-state index in [2.05, 4.69) is 9.88 Å². The van der Waals surface area contributed by atoms with Crippen LogP contribution in [0.3, 0.4) is 0 Å². The number of carbonyl (C=O) groups is 1. The standard InChI is InChI=1S/C19H29N3O2/c20-18(23)19(9-3-6-16-5-1-2-11-21-16)10-4-12-22(15-19)17-7-13-24-14-8-17/h1-2,5,11,17H,3-4,6-10,12-15H2,(H2,20,23). The van der Waals surface area contributed by atoms with E-state index in [1.807, 2.05) is 24.4 Å². The summed E-state index contributed by atoms with van der Waals surface area (Å²) in [5, 5.41) is 0. The fourth-order valence-corrected chi connectivity index (χ4v) is 4.21. The van der Waals surface area contributed by atoms with E-state index in [9.17, 15) is 4.79 Å². The first-order valence-electron chi connectivity index (χ1n) is 9.21. The number of piperidine rings is 1. The van der Waals surface area contributed by atoms with E-state index in [0.717, 1.165) is 76.9 Å². The highest BCUT2D eigenvalue weighted by Gasteiger charge is 2.42. The Hall–Kier alpha value is -1.46. The van der Waals surface area contributed by atoms with Crippen LogP contribution in [0.4, 0.5) is 0 Å². The van der Waals surface area contributed by atoms with Crippen LogP contribution in [0.2, 0.25) is 0 Å². The molecule has 0 aromatic carbocycles. The molecule has 2 N–H and O–H groups in total. The number of hydrogen-bond acceptors (Lipinski definition) is 4. The maximum Gasteiger partial charge on any atom is 0.224 e. The molecule has 0 bridgehead atoms. The van der Waals surface area contributed by atoms with Gasteiger partial charge in [0.2, 0.25) is 5.91 Å². The van der Waals surface area contributed by atoms with Crippen molar-refractivity contribution in [3.63, 3.8) is 0 Å². The van der Waals surface area contributed by atoms with E-state index >= 15 is 0 Å². The topological polar surface area (TPSA) is 68.5 Å². The van der Waals surface area contributed by atoms with E-state index in [1.165, 1.54) is 0 Å².